The lowest BCUT2D eigenvalue weighted by molar-refractivity contribution is -0.128. The molecule has 1 aromatic heterocycles. The normalized spacial score (nSPS) is 15.6. The number of ether oxygens (including phenoxy) is 2. The Morgan fingerprint density at radius 3 is 2.47 bits per heavy atom. The lowest BCUT2D eigenvalue weighted by atomic mass is 9.87. The molecule has 2 heterocycles. The van der Waals surface area contributed by atoms with E-state index in [2.05, 4.69) is 39.0 Å². The molecular formula is C28H26N2O4. The van der Waals surface area contributed by atoms with Crippen LogP contribution in [0.15, 0.2) is 76.5 Å². The van der Waals surface area contributed by atoms with Crippen LogP contribution in [0.5, 0.6) is 11.5 Å². The number of rotatable bonds is 4. The fourth-order valence-corrected chi connectivity index (χ4v) is 3.81. The number of carbonyl (C=O) groups is 1. The Labute approximate surface area is 198 Å². The first-order valence-electron chi connectivity index (χ1n) is 10.9. The zero-order chi connectivity index (χ0) is 24.5. The van der Waals surface area contributed by atoms with Crippen LogP contribution in [-0.2, 0) is 10.2 Å². The van der Waals surface area contributed by atoms with E-state index in [0.717, 1.165) is 11.3 Å². The number of hydrogen-bond acceptors (Lipinski definition) is 6. The highest BCUT2D eigenvalue weighted by molar-refractivity contribution is 5.88. The molecule has 6 nitrogen and oxygen atoms in total. The standard InChI is InChI=1S/C28H26N2O4/c1-17-5-13-23(32-17)26-21-12-11-20(15-24(21)34-27(30)22(26)16-29)33-25(31)14-8-18-6-9-19(10-7-18)28(2,3)4/h5-15,26H,30H2,1-4H3/b14-8+. The van der Waals surface area contributed by atoms with Crippen molar-refractivity contribution in [2.24, 2.45) is 5.73 Å². The van der Waals surface area contributed by atoms with Crippen LogP contribution >= 0.6 is 0 Å². The van der Waals surface area contributed by atoms with Gasteiger partial charge in [0.2, 0.25) is 5.88 Å². The molecule has 0 saturated carbocycles. The van der Waals surface area contributed by atoms with E-state index in [-0.39, 0.29) is 16.9 Å². The Hall–Kier alpha value is -4.24. The maximum Gasteiger partial charge on any atom is 0.336 e. The molecule has 0 radical (unpaired) electrons. The number of fused-ring (bicyclic) bond motifs is 1. The van der Waals surface area contributed by atoms with Gasteiger partial charge in [-0.2, -0.15) is 5.26 Å². The molecule has 2 N–H and O–H groups in total. The van der Waals surface area contributed by atoms with E-state index >= 15 is 0 Å². The van der Waals surface area contributed by atoms with Crippen molar-refractivity contribution >= 4 is 12.0 Å². The first-order chi connectivity index (χ1) is 16.2. The van der Waals surface area contributed by atoms with Gasteiger partial charge in [0.15, 0.2) is 0 Å². The Bertz CT molecular complexity index is 1330. The molecule has 172 valence electrons. The monoisotopic (exact) mass is 454 g/mol. The van der Waals surface area contributed by atoms with Crippen LogP contribution in [0.3, 0.4) is 0 Å². The van der Waals surface area contributed by atoms with Crippen LogP contribution < -0.4 is 15.2 Å². The predicted octanol–water partition coefficient (Wildman–Crippen LogP) is 5.72. The number of nitriles is 1. The fourth-order valence-electron chi connectivity index (χ4n) is 3.81. The second kappa shape index (κ2) is 8.95. The number of benzene rings is 2. The minimum atomic E-state index is -0.518. The molecule has 0 aliphatic carbocycles. The molecular weight excluding hydrogens is 428 g/mol. The van der Waals surface area contributed by atoms with Crippen molar-refractivity contribution in [2.45, 2.75) is 39.0 Å². The van der Waals surface area contributed by atoms with Crippen LogP contribution in [0, 0.1) is 18.3 Å². The minimum Gasteiger partial charge on any atom is -0.465 e. The highest BCUT2D eigenvalue weighted by atomic mass is 16.5. The molecule has 0 saturated heterocycles. The topological polar surface area (TPSA) is 98.5 Å². The predicted molar refractivity (Wildman–Crippen MR) is 129 cm³/mol. The molecule has 4 rings (SSSR count). The summed E-state index contributed by atoms with van der Waals surface area (Å²) in [6.07, 6.45) is 3.09. The summed E-state index contributed by atoms with van der Waals surface area (Å²) in [6.45, 7) is 8.29. The van der Waals surface area contributed by atoms with Crippen LogP contribution in [0.25, 0.3) is 6.08 Å². The Balaban J connectivity index is 1.52. The van der Waals surface area contributed by atoms with E-state index in [1.165, 1.54) is 11.6 Å². The largest absolute Gasteiger partial charge is 0.465 e. The lowest BCUT2D eigenvalue weighted by Gasteiger charge is -2.25. The first kappa shape index (κ1) is 22.9. The Morgan fingerprint density at radius 1 is 1.12 bits per heavy atom. The Morgan fingerprint density at radius 2 is 1.85 bits per heavy atom. The quantitative estimate of drug-likeness (QED) is 0.307. The van der Waals surface area contributed by atoms with E-state index in [1.54, 1.807) is 24.3 Å². The average molecular weight is 455 g/mol. The third kappa shape index (κ3) is 4.74. The van der Waals surface area contributed by atoms with Crippen molar-refractivity contribution in [3.63, 3.8) is 0 Å². The molecule has 0 bridgehead atoms. The van der Waals surface area contributed by atoms with Crippen LogP contribution in [0.4, 0.5) is 0 Å². The van der Waals surface area contributed by atoms with Gasteiger partial charge >= 0.3 is 5.97 Å². The summed E-state index contributed by atoms with van der Waals surface area (Å²) in [6, 6.07) is 18.8. The maximum absolute atomic E-state index is 12.4. The highest BCUT2D eigenvalue weighted by Crippen LogP contribution is 2.43. The van der Waals surface area contributed by atoms with Crippen molar-refractivity contribution < 1.29 is 18.7 Å². The van der Waals surface area contributed by atoms with Crippen molar-refractivity contribution in [1.29, 1.82) is 5.26 Å². The molecule has 6 heteroatoms. The van der Waals surface area contributed by atoms with E-state index in [1.807, 2.05) is 31.2 Å². The molecule has 34 heavy (non-hydrogen) atoms. The molecule has 1 atom stereocenters. The highest BCUT2D eigenvalue weighted by Gasteiger charge is 2.33. The van der Waals surface area contributed by atoms with Gasteiger partial charge in [0.05, 0.1) is 5.92 Å². The molecule has 0 spiro atoms. The SMILES string of the molecule is Cc1ccc(C2C(C#N)=C(N)Oc3cc(OC(=O)/C=C/c4ccc(C(C)(C)C)cc4)ccc32)o1. The average Bonchev–Trinajstić information content (AvgIpc) is 3.22. The van der Waals surface area contributed by atoms with Crippen molar-refractivity contribution in [2.75, 3.05) is 0 Å². The number of esters is 1. The number of nitrogens with zero attached hydrogens (tertiary/aromatic N) is 1. The van der Waals surface area contributed by atoms with E-state index in [4.69, 9.17) is 19.6 Å². The van der Waals surface area contributed by atoms with Gasteiger partial charge < -0.3 is 19.6 Å². The third-order valence-corrected chi connectivity index (χ3v) is 5.64. The summed E-state index contributed by atoms with van der Waals surface area (Å²) in [4.78, 5) is 12.4. The molecule has 0 fully saturated rings. The van der Waals surface area contributed by atoms with Gasteiger partial charge in [0, 0.05) is 17.7 Å². The van der Waals surface area contributed by atoms with Crippen molar-refractivity contribution in [3.8, 4) is 17.6 Å². The molecule has 1 aliphatic heterocycles. The zero-order valence-corrected chi connectivity index (χ0v) is 19.6. The van der Waals surface area contributed by atoms with Crippen LogP contribution in [0.1, 0.15) is 54.9 Å². The summed E-state index contributed by atoms with van der Waals surface area (Å²) >= 11 is 0. The van der Waals surface area contributed by atoms with Crippen LogP contribution in [0.2, 0.25) is 0 Å². The summed E-state index contributed by atoms with van der Waals surface area (Å²) in [5.41, 5.74) is 9.17. The van der Waals surface area contributed by atoms with Gasteiger partial charge in [-0.3, -0.25) is 0 Å². The summed E-state index contributed by atoms with van der Waals surface area (Å²) < 4.78 is 16.9. The van der Waals surface area contributed by atoms with Crippen LogP contribution in [-0.4, -0.2) is 5.97 Å². The van der Waals surface area contributed by atoms with Gasteiger partial charge in [-0.25, -0.2) is 4.79 Å². The van der Waals surface area contributed by atoms with Gasteiger partial charge in [-0.15, -0.1) is 0 Å². The lowest BCUT2D eigenvalue weighted by Crippen LogP contribution is -2.21. The number of aryl methyl sites for hydroxylation is 1. The molecule has 1 aliphatic rings. The zero-order valence-electron chi connectivity index (χ0n) is 19.6. The number of carbonyl (C=O) groups excluding carboxylic acids is 1. The summed E-state index contributed by atoms with van der Waals surface area (Å²) in [7, 11) is 0. The first-order valence-corrected chi connectivity index (χ1v) is 10.9. The molecule has 3 aromatic rings. The van der Waals surface area contributed by atoms with E-state index < -0.39 is 11.9 Å². The minimum absolute atomic E-state index is 0.00358. The van der Waals surface area contributed by atoms with Crippen molar-refractivity contribution in [1.82, 2.24) is 0 Å². The third-order valence-electron chi connectivity index (χ3n) is 5.64. The van der Waals surface area contributed by atoms with Gasteiger partial charge in [0.25, 0.3) is 0 Å². The van der Waals surface area contributed by atoms with Gasteiger partial charge in [-0.1, -0.05) is 51.1 Å². The van der Waals surface area contributed by atoms with E-state index in [0.29, 0.717) is 22.8 Å². The number of nitrogens with two attached hydrogens (primary N) is 1. The number of allylic oxidation sites excluding steroid dienone is 1. The fraction of sp³-hybridized carbons (Fsp3) is 0.214. The second-order valence-corrected chi connectivity index (χ2v) is 9.20. The molecule has 0 amide bonds. The number of hydrogen-bond donors (Lipinski definition) is 1. The van der Waals surface area contributed by atoms with Crippen molar-refractivity contribution in [3.05, 3.63) is 100 Å². The van der Waals surface area contributed by atoms with Gasteiger partial charge in [0.1, 0.15) is 34.7 Å². The Kier molecular flexibility index (Phi) is 6.04. The molecule has 1 unspecified atom stereocenters. The summed E-state index contributed by atoms with van der Waals surface area (Å²) in [5.74, 6) is 1.01. The molecule has 2 aromatic carbocycles. The van der Waals surface area contributed by atoms with Gasteiger partial charge in [-0.05, 0) is 47.7 Å². The van der Waals surface area contributed by atoms with E-state index in [9.17, 15) is 10.1 Å². The smallest absolute Gasteiger partial charge is 0.336 e. The number of furan rings is 1. The summed E-state index contributed by atoms with van der Waals surface area (Å²) in [5, 5.41) is 9.62. The maximum atomic E-state index is 12.4. The second-order valence-electron chi connectivity index (χ2n) is 9.20.